The van der Waals surface area contributed by atoms with Gasteiger partial charge in [0.25, 0.3) is 5.56 Å². The van der Waals surface area contributed by atoms with Gasteiger partial charge in [0.15, 0.2) is 0 Å². The summed E-state index contributed by atoms with van der Waals surface area (Å²) in [5.41, 5.74) is 2.12. The molecule has 0 unspecified atom stereocenters. The molecule has 1 heterocycles. The van der Waals surface area contributed by atoms with E-state index in [9.17, 15) is 4.79 Å². The van der Waals surface area contributed by atoms with Crippen LogP contribution in [0.2, 0.25) is 0 Å². The molecule has 18 heavy (non-hydrogen) atoms. The first-order valence-corrected chi connectivity index (χ1v) is 5.91. The molecule has 2 aromatic carbocycles. The molecule has 0 amide bonds. The van der Waals surface area contributed by atoms with Crippen molar-refractivity contribution in [2.75, 3.05) is 0 Å². The highest BCUT2D eigenvalue weighted by Crippen LogP contribution is 2.25. The van der Waals surface area contributed by atoms with Gasteiger partial charge in [0.1, 0.15) is 0 Å². The summed E-state index contributed by atoms with van der Waals surface area (Å²) in [6.07, 6.45) is 1.80. The Balaban J connectivity index is 2.44. The van der Waals surface area contributed by atoms with Crippen LogP contribution in [0.1, 0.15) is 0 Å². The first kappa shape index (κ1) is 10.8. The number of hydrogen-bond donors (Lipinski definition) is 0. The zero-order valence-corrected chi connectivity index (χ0v) is 10.1. The van der Waals surface area contributed by atoms with E-state index in [1.807, 2.05) is 54.6 Å². The van der Waals surface area contributed by atoms with Crippen LogP contribution in [0.25, 0.3) is 21.9 Å². The number of aromatic nitrogens is 1. The third-order valence-corrected chi connectivity index (χ3v) is 3.19. The van der Waals surface area contributed by atoms with E-state index in [-0.39, 0.29) is 5.56 Å². The van der Waals surface area contributed by atoms with Crippen LogP contribution in [0.15, 0.2) is 65.6 Å². The monoisotopic (exact) mass is 235 g/mol. The topological polar surface area (TPSA) is 22.0 Å². The van der Waals surface area contributed by atoms with Crippen molar-refractivity contribution in [2.24, 2.45) is 7.05 Å². The molecule has 0 spiro atoms. The Morgan fingerprint density at radius 2 is 1.67 bits per heavy atom. The molecule has 0 fully saturated rings. The third-order valence-electron chi connectivity index (χ3n) is 3.19. The fourth-order valence-electron chi connectivity index (χ4n) is 2.24. The zero-order chi connectivity index (χ0) is 12.5. The minimum atomic E-state index is 0.0481. The van der Waals surface area contributed by atoms with Gasteiger partial charge in [-0.2, -0.15) is 0 Å². The Bertz CT molecular complexity index is 757. The lowest BCUT2D eigenvalue weighted by atomic mass is 10.00. The molecule has 3 aromatic rings. The average molecular weight is 235 g/mol. The smallest absolute Gasteiger partial charge is 0.258 e. The first-order chi connectivity index (χ1) is 8.77. The predicted octanol–water partition coefficient (Wildman–Crippen LogP) is 3.21. The predicted molar refractivity (Wildman–Crippen MR) is 74.6 cm³/mol. The summed E-state index contributed by atoms with van der Waals surface area (Å²) < 4.78 is 1.62. The van der Waals surface area contributed by atoms with Crippen molar-refractivity contribution in [3.63, 3.8) is 0 Å². The molecule has 88 valence electrons. The lowest BCUT2D eigenvalue weighted by molar-refractivity contribution is 0.873. The Morgan fingerprint density at radius 3 is 2.44 bits per heavy atom. The van der Waals surface area contributed by atoms with Gasteiger partial charge < -0.3 is 4.57 Å². The van der Waals surface area contributed by atoms with Crippen molar-refractivity contribution < 1.29 is 0 Å². The quantitative estimate of drug-likeness (QED) is 0.635. The average Bonchev–Trinajstić information content (AvgIpc) is 2.43. The lowest BCUT2D eigenvalue weighted by Crippen LogP contribution is -2.16. The van der Waals surface area contributed by atoms with Crippen molar-refractivity contribution in [3.8, 4) is 11.1 Å². The highest BCUT2D eigenvalue weighted by molar-refractivity contribution is 5.95. The molecule has 1 aromatic heterocycles. The minimum absolute atomic E-state index is 0.0481. The highest BCUT2D eigenvalue weighted by atomic mass is 16.1. The Morgan fingerprint density at radius 1 is 0.889 bits per heavy atom. The Hall–Kier alpha value is -2.35. The molecular formula is C16H13NO. The fourth-order valence-corrected chi connectivity index (χ4v) is 2.24. The molecule has 0 N–H and O–H groups in total. The van der Waals surface area contributed by atoms with E-state index in [0.29, 0.717) is 0 Å². The lowest BCUT2D eigenvalue weighted by Gasteiger charge is -2.07. The molecule has 0 aliphatic carbocycles. The largest absolute Gasteiger partial charge is 0.318 e. The maximum atomic E-state index is 12.3. The highest BCUT2D eigenvalue weighted by Gasteiger charge is 2.07. The fraction of sp³-hybridized carbons (Fsp3) is 0.0625. The van der Waals surface area contributed by atoms with Crippen LogP contribution in [0, 0.1) is 0 Å². The molecule has 0 radical (unpaired) electrons. The van der Waals surface area contributed by atoms with Gasteiger partial charge in [-0.1, -0.05) is 48.5 Å². The van der Waals surface area contributed by atoms with E-state index >= 15 is 0 Å². The van der Waals surface area contributed by atoms with Crippen LogP contribution in [-0.4, -0.2) is 4.57 Å². The molecular weight excluding hydrogens is 222 g/mol. The van der Waals surface area contributed by atoms with Crippen molar-refractivity contribution in [1.29, 1.82) is 0 Å². The molecule has 0 bridgehead atoms. The van der Waals surface area contributed by atoms with Crippen LogP contribution >= 0.6 is 0 Å². The Labute approximate surface area is 105 Å². The standard InChI is InChI=1S/C16H13NO/c1-17-11-10-13-8-5-9-14(15(13)16(17)18)12-6-3-2-4-7-12/h2-11H,1H3. The number of nitrogens with zero attached hydrogens (tertiary/aromatic N) is 1. The normalized spacial score (nSPS) is 10.7. The van der Waals surface area contributed by atoms with Crippen LogP contribution in [0.3, 0.4) is 0 Å². The summed E-state index contributed by atoms with van der Waals surface area (Å²) in [7, 11) is 1.78. The summed E-state index contributed by atoms with van der Waals surface area (Å²) in [4.78, 5) is 12.3. The van der Waals surface area contributed by atoms with E-state index in [1.54, 1.807) is 17.8 Å². The van der Waals surface area contributed by atoms with E-state index in [4.69, 9.17) is 0 Å². The van der Waals surface area contributed by atoms with E-state index in [0.717, 1.165) is 21.9 Å². The third kappa shape index (κ3) is 1.63. The van der Waals surface area contributed by atoms with E-state index in [2.05, 4.69) is 0 Å². The number of benzene rings is 2. The summed E-state index contributed by atoms with van der Waals surface area (Å²) in [5.74, 6) is 0. The van der Waals surface area contributed by atoms with Gasteiger partial charge >= 0.3 is 0 Å². The number of pyridine rings is 1. The van der Waals surface area contributed by atoms with Crippen molar-refractivity contribution in [3.05, 3.63) is 71.1 Å². The first-order valence-electron chi connectivity index (χ1n) is 5.91. The minimum Gasteiger partial charge on any atom is -0.318 e. The van der Waals surface area contributed by atoms with Gasteiger partial charge in [0.05, 0.1) is 5.39 Å². The number of hydrogen-bond acceptors (Lipinski definition) is 1. The maximum Gasteiger partial charge on any atom is 0.258 e. The molecule has 0 aliphatic rings. The van der Waals surface area contributed by atoms with Gasteiger partial charge in [-0.3, -0.25) is 4.79 Å². The number of aryl methyl sites for hydroxylation is 1. The van der Waals surface area contributed by atoms with Gasteiger partial charge in [0, 0.05) is 13.2 Å². The summed E-state index contributed by atoms with van der Waals surface area (Å²) in [6.45, 7) is 0. The molecule has 0 saturated heterocycles. The van der Waals surface area contributed by atoms with Crippen molar-refractivity contribution in [1.82, 2.24) is 4.57 Å². The molecule has 2 heteroatoms. The second kappa shape index (κ2) is 4.15. The van der Waals surface area contributed by atoms with Crippen LogP contribution in [0.5, 0.6) is 0 Å². The van der Waals surface area contributed by atoms with Crippen LogP contribution < -0.4 is 5.56 Å². The SMILES string of the molecule is Cn1ccc2cccc(-c3ccccc3)c2c1=O. The van der Waals surface area contributed by atoms with E-state index in [1.165, 1.54) is 0 Å². The van der Waals surface area contributed by atoms with Gasteiger partial charge in [-0.05, 0) is 22.6 Å². The molecule has 2 nitrogen and oxygen atoms in total. The van der Waals surface area contributed by atoms with E-state index < -0.39 is 0 Å². The van der Waals surface area contributed by atoms with Crippen molar-refractivity contribution in [2.45, 2.75) is 0 Å². The summed E-state index contributed by atoms with van der Waals surface area (Å²) in [6, 6.07) is 18.0. The second-order valence-corrected chi connectivity index (χ2v) is 4.37. The van der Waals surface area contributed by atoms with Gasteiger partial charge in [0.2, 0.25) is 0 Å². The molecule has 3 rings (SSSR count). The summed E-state index contributed by atoms with van der Waals surface area (Å²) in [5, 5.41) is 1.77. The van der Waals surface area contributed by atoms with Gasteiger partial charge in [-0.25, -0.2) is 0 Å². The van der Waals surface area contributed by atoms with Crippen LogP contribution in [-0.2, 0) is 7.05 Å². The van der Waals surface area contributed by atoms with Crippen molar-refractivity contribution >= 4 is 10.8 Å². The molecule has 0 atom stereocenters. The van der Waals surface area contributed by atoms with Crippen LogP contribution in [0.4, 0.5) is 0 Å². The molecule has 0 saturated carbocycles. The maximum absolute atomic E-state index is 12.3. The summed E-state index contributed by atoms with van der Waals surface area (Å²) >= 11 is 0. The number of fused-ring (bicyclic) bond motifs is 1. The zero-order valence-electron chi connectivity index (χ0n) is 10.1. The van der Waals surface area contributed by atoms with Gasteiger partial charge in [-0.15, -0.1) is 0 Å². The second-order valence-electron chi connectivity index (χ2n) is 4.37. The number of rotatable bonds is 1. The molecule has 0 aliphatic heterocycles. The Kier molecular flexibility index (Phi) is 2.49.